The first-order valence-electron chi connectivity index (χ1n) is 9.14. The van der Waals surface area contributed by atoms with E-state index in [1.54, 1.807) is 24.3 Å². The summed E-state index contributed by atoms with van der Waals surface area (Å²) in [5.74, 6) is 0.383. The second kappa shape index (κ2) is 6.58. The zero-order valence-corrected chi connectivity index (χ0v) is 15.5. The maximum atomic E-state index is 13.0. The molecule has 4 rings (SSSR count). The van der Waals surface area contributed by atoms with Crippen molar-refractivity contribution < 1.29 is 9.90 Å². The van der Waals surface area contributed by atoms with Crippen molar-refractivity contribution in [2.45, 2.75) is 19.8 Å². The number of hydrogen-bond donors (Lipinski definition) is 2. The molecular formula is C22H23N3O2. The Kier molecular flexibility index (Phi) is 4.22. The lowest BCUT2D eigenvalue weighted by Gasteiger charge is -2.25. The van der Waals surface area contributed by atoms with Gasteiger partial charge in [0.25, 0.3) is 5.91 Å². The van der Waals surface area contributed by atoms with E-state index in [0.717, 1.165) is 0 Å². The molecule has 3 aromatic rings. The van der Waals surface area contributed by atoms with Gasteiger partial charge in [-0.15, -0.1) is 0 Å². The van der Waals surface area contributed by atoms with E-state index in [1.165, 1.54) is 5.56 Å². The highest BCUT2D eigenvalue weighted by Gasteiger charge is 2.42. The topological polar surface area (TPSA) is 69.2 Å². The SMILES string of the molecule is CC1(C)CN(C(=O)c2cc(-c3ccccc3O)n[nH]2)CC1c1ccccc1. The Morgan fingerprint density at radius 1 is 1.15 bits per heavy atom. The van der Waals surface area contributed by atoms with E-state index in [-0.39, 0.29) is 17.1 Å². The predicted molar refractivity (Wildman–Crippen MR) is 105 cm³/mol. The Hall–Kier alpha value is -3.08. The molecule has 27 heavy (non-hydrogen) atoms. The number of rotatable bonds is 3. The van der Waals surface area contributed by atoms with Crippen molar-refractivity contribution in [2.24, 2.45) is 5.41 Å². The van der Waals surface area contributed by atoms with E-state index in [1.807, 2.05) is 29.2 Å². The van der Waals surface area contributed by atoms with Crippen LogP contribution in [0.2, 0.25) is 0 Å². The van der Waals surface area contributed by atoms with Crippen molar-refractivity contribution in [2.75, 3.05) is 13.1 Å². The Morgan fingerprint density at radius 3 is 2.59 bits per heavy atom. The molecule has 5 heteroatoms. The maximum Gasteiger partial charge on any atom is 0.271 e. The smallest absolute Gasteiger partial charge is 0.271 e. The number of carbonyl (C=O) groups excluding carboxylic acids is 1. The predicted octanol–water partition coefficient (Wildman–Crippen LogP) is 4.05. The van der Waals surface area contributed by atoms with Crippen molar-refractivity contribution in [3.63, 3.8) is 0 Å². The van der Waals surface area contributed by atoms with Crippen LogP contribution in [0.1, 0.15) is 35.8 Å². The number of aromatic nitrogens is 2. The molecule has 1 fully saturated rings. The summed E-state index contributed by atoms with van der Waals surface area (Å²) in [5, 5.41) is 17.1. The molecule has 2 aromatic carbocycles. The van der Waals surface area contributed by atoms with Crippen molar-refractivity contribution in [1.82, 2.24) is 15.1 Å². The Balaban J connectivity index is 1.57. The quantitative estimate of drug-likeness (QED) is 0.739. The standard InChI is InChI=1S/C22H23N3O2/c1-22(2)14-25(13-17(22)15-8-4-3-5-9-15)21(27)19-12-18(23-24-19)16-10-6-7-11-20(16)26/h3-12,17,26H,13-14H2,1-2H3,(H,23,24). The third kappa shape index (κ3) is 3.21. The number of benzene rings is 2. The number of phenols is 1. The maximum absolute atomic E-state index is 13.0. The monoisotopic (exact) mass is 361 g/mol. The van der Waals surface area contributed by atoms with Crippen LogP contribution >= 0.6 is 0 Å². The van der Waals surface area contributed by atoms with Gasteiger partial charge >= 0.3 is 0 Å². The average molecular weight is 361 g/mol. The molecule has 1 atom stereocenters. The summed E-state index contributed by atoms with van der Waals surface area (Å²) in [7, 11) is 0. The lowest BCUT2D eigenvalue weighted by atomic mass is 9.78. The molecule has 138 valence electrons. The summed E-state index contributed by atoms with van der Waals surface area (Å²) in [5.41, 5.74) is 2.87. The zero-order valence-electron chi connectivity index (χ0n) is 15.5. The van der Waals surface area contributed by atoms with Gasteiger partial charge in [0.1, 0.15) is 11.4 Å². The Bertz CT molecular complexity index is 962. The summed E-state index contributed by atoms with van der Waals surface area (Å²) in [6, 6.07) is 19.1. The molecule has 2 heterocycles. The highest BCUT2D eigenvalue weighted by molar-refractivity contribution is 5.94. The number of aromatic hydroxyl groups is 1. The van der Waals surface area contributed by atoms with Crippen molar-refractivity contribution in [1.29, 1.82) is 0 Å². The molecular weight excluding hydrogens is 338 g/mol. The largest absolute Gasteiger partial charge is 0.507 e. The van der Waals surface area contributed by atoms with E-state index in [2.05, 4.69) is 36.2 Å². The third-order valence-corrected chi connectivity index (χ3v) is 5.42. The fourth-order valence-electron chi connectivity index (χ4n) is 3.96. The van der Waals surface area contributed by atoms with E-state index in [9.17, 15) is 9.90 Å². The van der Waals surface area contributed by atoms with Crippen LogP contribution < -0.4 is 0 Å². The van der Waals surface area contributed by atoms with Gasteiger partial charge in [0, 0.05) is 24.6 Å². The van der Waals surface area contributed by atoms with Crippen molar-refractivity contribution in [3.8, 4) is 17.0 Å². The summed E-state index contributed by atoms with van der Waals surface area (Å²) in [6.45, 7) is 5.79. The van der Waals surface area contributed by atoms with Gasteiger partial charge in [-0.05, 0) is 29.2 Å². The van der Waals surface area contributed by atoms with Crippen LogP contribution in [-0.2, 0) is 0 Å². The second-order valence-electron chi connectivity index (χ2n) is 7.82. The molecule has 1 unspecified atom stereocenters. The van der Waals surface area contributed by atoms with Crippen LogP contribution in [0.3, 0.4) is 0 Å². The highest BCUT2D eigenvalue weighted by Crippen LogP contribution is 2.42. The van der Waals surface area contributed by atoms with Crippen LogP contribution in [0.5, 0.6) is 5.75 Å². The molecule has 1 saturated heterocycles. The number of likely N-dealkylation sites (tertiary alicyclic amines) is 1. The lowest BCUT2D eigenvalue weighted by molar-refractivity contribution is 0.0772. The fourth-order valence-corrected chi connectivity index (χ4v) is 3.96. The van der Waals surface area contributed by atoms with Crippen molar-refractivity contribution >= 4 is 5.91 Å². The van der Waals surface area contributed by atoms with Crippen LogP contribution in [0.15, 0.2) is 60.7 Å². The minimum absolute atomic E-state index is 0.00242. The van der Waals surface area contributed by atoms with E-state index >= 15 is 0 Å². The van der Waals surface area contributed by atoms with Gasteiger partial charge in [0.05, 0.1) is 5.69 Å². The molecule has 2 N–H and O–H groups in total. The molecule has 0 spiro atoms. The van der Waals surface area contributed by atoms with Gasteiger partial charge in [-0.25, -0.2) is 0 Å². The summed E-state index contributed by atoms with van der Waals surface area (Å²) in [6.07, 6.45) is 0. The number of nitrogens with one attached hydrogen (secondary N) is 1. The minimum Gasteiger partial charge on any atom is -0.507 e. The summed E-state index contributed by atoms with van der Waals surface area (Å²) in [4.78, 5) is 14.9. The van der Waals surface area contributed by atoms with Gasteiger partial charge in [-0.2, -0.15) is 5.10 Å². The van der Waals surface area contributed by atoms with Crippen LogP contribution in [0, 0.1) is 5.41 Å². The number of para-hydroxylation sites is 1. The summed E-state index contributed by atoms with van der Waals surface area (Å²) < 4.78 is 0. The molecule has 0 aliphatic carbocycles. The second-order valence-corrected chi connectivity index (χ2v) is 7.82. The van der Waals surface area contributed by atoms with E-state index in [4.69, 9.17) is 0 Å². The number of carbonyl (C=O) groups is 1. The number of hydrogen-bond acceptors (Lipinski definition) is 3. The fraction of sp³-hybridized carbons (Fsp3) is 0.273. The molecule has 5 nitrogen and oxygen atoms in total. The molecule has 0 radical (unpaired) electrons. The average Bonchev–Trinajstić information content (AvgIpc) is 3.26. The first kappa shape index (κ1) is 17.3. The molecule has 1 amide bonds. The first-order valence-corrected chi connectivity index (χ1v) is 9.14. The normalized spacial score (nSPS) is 18.6. The number of H-pyrrole nitrogens is 1. The van der Waals surface area contributed by atoms with E-state index in [0.29, 0.717) is 36.0 Å². The number of nitrogens with zero attached hydrogens (tertiary/aromatic N) is 2. The number of aromatic amines is 1. The van der Waals surface area contributed by atoms with Gasteiger partial charge < -0.3 is 10.0 Å². The Morgan fingerprint density at radius 2 is 1.85 bits per heavy atom. The first-order chi connectivity index (χ1) is 13.0. The Labute approximate surface area is 158 Å². The minimum atomic E-state index is -0.0596. The van der Waals surface area contributed by atoms with Crippen molar-refractivity contribution in [3.05, 3.63) is 71.9 Å². The molecule has 1 aliphatic rings. The van der Waals surface area contributed by atoms with Crippen LogP contribution in [-0.4, -0.2) is 39.2 Å². The van der Waals surface area contributed by atoms with Crippen LogP contribution in [0.4, 0.5) is 0 Å². The number of amides is 1. The summed E-state index contributed by atoms with van der Waals surface area (Å²) >= 11 is 0. The van der Waals surface area contributed by atoms with Gasteiger partial charge in [0.15, 0.2) is 0 Å². The third-order valence-electron chi connectivity index (χ3n) is 5.42. The van der Waals surface area contributed by atoms with Crippen LogP contribution in [0.25, 0.3) is 11.3 Å². The molecule has 0 bridgehead atoms. The zero-order chi connectivity index (χ0) is 19.0. The molecule has 1 aromatic heterocycles. The van der Waals surface area contributed by atoms with Gasteiger partial charge in [-0.3, -0.25) is 9.89 Å². The molecule has 1 aliphatic heterocycles. The van der Waals surface area contributed by atoms with Gasteiger partial charge in [-0.1, -0.05) is 56.3 Å². The molecule has 0 saturated carbocycles. The van der Waals surface area contributed by atoms with Gasteiger partial charge in [0.2, 0.25) is 0 Å². The number of phenolic OH excluding ortho intramolecular Hbond substituents is 1. The van der Waals surface area contributed by atoms with E-state index < -0.39 is 0 Å². The highest BCUT2D eigenvalue weighted by atomic mass is 16.3. The lowest BCUT2D eigenvalue weighted by Crippen LogP contribution is -2.30.